The molecule has 4 aliphatic rings. The number of fused-ring (bicyclic) bond motifs is 5. The number of hydrogen-bond donors (Lipinski definition) is 5. The maximum Gasteiger partial charge on any atom is 0.407 e. The van der Waals surface area contributed by atoms with Gasteiger partial charge in [0.25, 0.3) is 0 Å². The first-order chi connectivity index (χ1) is 30.1. The number of nitrogens with one attached hydrogen (secondary N) is 5. The van der Waals surface area contributed by atoms with Crippen LogP contribution >= 0.6 is 0 Å². The molecule has 1 saturated heterocycles. The van der Waals surface area contributed by atoms with Gasteiger partial charge in [-0.05, 0) is 72.3 Å². The van der Waals surface area contributed by atoms with Crippen LogP contribution in [0.1, 0.15) is 108 Å². The Morgan fingerprint density at radius 3 is 1.60 bits per heavy atom. The maximum atomic E-state index is 13.9. The summed E-state index contributed by atoms with van der Waals surface area (Å²) in [5.41, 5.74) is 10.8. The van der Waals surface area contributed by atoms with Gasteiger partial charge in [-0.2, -0.15) is 0 Å². The van der Waals surface area contributed by atoms with Crippen LogP contribution in [0.4, 0.5) is 9.59 Å². The van der Waals surface area contributed by atoms with Crippen molar-refractivity contribution in [1.82, 2.24) is 45.7 Å². The summed E-state index contributed by atoms with van der Waals surface area (Å²) < 4.78 is 9.63. The lowest BCUT2D eigenvalue weighted by Gasteiger charge is -2.30. The molecule has 0 saturated carbocycles. The van der Waals surface area contributed by atoms with E-state index in [2.05, 4.69) is 75.3 Å². The second-order valence-corrected chi connectivity index (χ2v) is 18.3. The number of aromatic amines is 2. The van der Waals surface area contributed by atoms with Crippen molar-refractivity contribution in [1.29, 1.82) is 0 Å². The summed E-state index contributed by atoms with van der Waals surface area (Å²) in [5, 5.41) is 9.37. The number of rotatable bonds is 11. The van der Waals surface area contributed by atoms with Gasteiger partial charge in [-0.25, -0.2) is 19.6 Å². The van der Waals surface area contributed by atoms with Gasteiger partial charge in [0.2, 0.25) is 11.8 Å². The van der Waals surface area contributed by atoms with E-state index in [0.717, 1.165) is 52.1 Å². The smallest absolute Gasteiger partial charge is 0.407 e. The van der Waals surface area contributed by atoms with Crippen LogP contribution in [0.2, 0.25) is 0 Å². The standard InChI is InChI=1S/C48H59N9O6/c1-24(2)41(54-47(60)62-8)45(58)56-22-27(6)18-37(56)43-49-20-35(52-43)30-12-10-29(11-13-30)31-14-15-32(40-34-17-26(5)16-33(51-34)39(31)40)36-21-50-44(53-36)38-19-28(7)23-57(38)46(59)42(25(3)4)55-48(61)63-9/h10-15,18-21,24-26,33-34,37-38,41-42,51H,16-17,22-23H2,1-9H3,(H,49,52)(H,50,53)(H,54,60)(H,55,61)/t26?,33?,34?,37-,38-,41-,42-/m0/s1. The van der Waals surface area contributed by atoms with Gasteiger partial charge in [0.15, 0.2) is 0 Å². The Bertz CT molecular complexity index is 2470. The molecule has 63 heavy (non-hydrogen) atoms. The molecule has 7 atom stereocenters. The number of amides is 4. The van der Waals surface area contributed by atoms with Crippen LogP contribution in [0.5, 0.6) is 0 Å². The number of alkyl carbamates (subject to hydrolysis) is 2. The highest BCUT2D eigenvalue weighted by atomic mass is 16.5. The molecule has 0 radical (unpaired) electrons. The van der Waals surface area contributed by atoms with Gasteiger partial charge >= 0.3 is 12.2 Å². The number of carbonyl (C=O) groups excluding carboxylic acids is 4. The van der Waals surface area contributed by atoms with E-state index < -0.39 is 36.4 Å². The molecule has 2 aromatic heterocycles. The second kappa shape index (κ2) is 17.5. The number of piperidine rings is 1. The molecule has 0 spiro atoms. The minimum absolute atomic E-state index is 0.144. The summed E-state index contributed by atoms with van der Waals surface area (Å²) in [6.07, 6.45) is 8.56. The number of carbonyl (C=O) groups is 4. The SMILES string of the molecule is COC(=O)N[C@H](C(=O)N1CC(C)=C[C@H]1c1ncc(-c2ccc(-c3ccc(-c4cnc([C@@H]5C=C(C)CN5C(=O)[C@@H](NC(=O)OC)C(C)C)[nH]4)c4c3C3CC(C)CC4N3)cc2)[nH]1)C(C)C. The van der Waals surface area contributed by atoms with E-state index >= 15 is 0 Å². The molecule has 5 N–H and O–H groups in total. The Kier molecular flexibility index (Phi) is 12.1. The van der Waals surface area contributed by atoms with Crippen LogP contribution < -0.4 is 16.0 Å². The predicted octanol–water partition coefficient (Wildman–Crippen LogP) is 7.67. The fraction of sp³-hybridized carbons (Fsp3) is 0.458. The van der Waals surface area contributed by atoms with Crippen molar-refractivity contribution in [2.24, 2.45) is 17.8 Å². The van der Waals surface area contributed by atoms with Crippen molar-refractivity contribution < 1.29 is 28.7 Å². The molecule has 15 nitrogen and oxygen atoms in total. The van der Waals surface area contributed by atoms with Gasteiger partial charge in [-0.1, -0.05) is 94.3 Å². The lowest BCUT2D eigenvalue weighted by Crippen LogP contribution is -2.51. The van der Waals surface area contributed by atoms with Gasteiger partial charge in [-0.15, -0.1) is 0 Å². The van der Waals surface area contributed by atoms with Gasteiger partial charge in [0, 0.05) is 30.7 Å². The first-order valence-electron chi connectivity index (χ1n) is 21.9. The van der Waals surface area contributed by atoms with Crippen molar-refractivity contribution in [3.63, 3.8) is 0 Å². The number of aromatic nitrogens is 4. The summed E-state index contributed by atoms with van der Waals surface area (Å²) in [4.78, 5) is 72.2. The van der Waals surface area contributed by atoms with E-state index in [-0.39, 0.29) is 35.7 Å². The van der Waals surface area contributed by atoms with Gasteiger partial charge in [0.1, 0.15) is 35.8 Å². The lowest BCUT2D eigenvalue weighted by atomic mass is 9.88. The van der Waals surface area contributed by atoms with Gasteiger partial charge < -0.3 is 45.2 Å². The van der Waals surface area contributed by atoms with Crippen molar-refractivity contribution in [2.75, 3.05) is 27.3 Å². The van der Waals surface area contributed by atoms with Crippen LogP contribution in [0.3, 0.4) is 0 Å². The number of benzene rings is 2. The molecular weight excluding hydrogens is 799 g/mol. The molecule has 3 unspecified atom stereocenters. The Balaban J connectivity index is 1.06. The summed E-state index contributed by atoms with van der Waals surface area (Å²) >= 11 is 0. The Labute approximate surface area is 368 Å². The largest absolute Gasteiger partial charge is 0.453 e. The highest BCUT2D eigenvalue weighted by Gasteiger charge is 2.42. The average molecular weight is 858 g/mol. The molecule has 332 valence electrons. The topological polar surface area (TPSA) is 187 Å². The van der Waals surface area contributed by atoms with Gasteiger partial charge in [-0.3, -0.25) is 9.59 Å². The van der Waals surface area contributed by atoms with Crippen LogP contribution in [-0.4, -0.2) is 93.1 Å². The number of H-pyrrole nitrogens is 2. The van der Waals surface area contributed by atoms with Crippen molar-refractivity contribution >= 4 is 24.0 Å². The average Bonchev–Trinajstić information content (AvgIpc) is 4.12. The fourth-order valence-electron chi connectivity index (χ4n) is 9.84. The molecule has 8 rings (SSSR count). The van der Waals surface area contributed by atoms with E-state index in [0.29, 0.717) is 30.7 Å². The van der Waals surface area contributed by atoms with E-state index in [9.17, 15) is 19.2 Å². The van der Waals surface area contributed by atoms with E-state index in [1.165, 1.54) is 30.9 Å². The molecule has 2 bridgehead atoms. The van der Waals surface area contributed by atoms with Crippen molar-refractivity contribution in [3.05, 3.63) is 94.9 Å². The quantitative estimate of drug-likeness (QED) is 0.0944. The third-order valence-corrected chi connectivity index (χ3v) is 13.0. The molecular formula is C48H59N9O6. The van der Waals surface area contributed by atoms with E-state index in [1.54, 1.807) is 16.0 Å². The normalized spacial score (nSPS) is 22.4. The summed E-state index contributed by atoms with van der Waals surface area (Å²) in [6.45, 7) is 14.8. The maximum absolute atomic E-state index is 13.9. The molecule has 4 amide bonds. The number of ether oxygens (including phenoxy) is 2. The molecule has 1 fully saturated rings. The molecule has 4 aliphatic heterocycles. The first-order valence-corrected chi connectivity index (χ1v) is 21.9. The molecule has 2 aromatic carbocycles. The highest BCUT2D eigenvalue weighted by molar-refractivity contribution is 5.88. The molecule has 0 aliphatic carbocycles. The Hall–Kier alpha value is -6.22. The number of imidazole rings is 2. The molecule has 4 aromatic rings. The third-order valence-electron chi connectivity index (χ3n) is 13.0. The summed E-state index contributed by atoms with van der Waals surface area (Å²) in [7, 11) is 2.58. The number of nitrogens with zero attached hydrogens (tertiary/aromatic N) is 4. The van der Waals surface area contributed by atoms with Crippen molar-refractivity contribution in [2.45, 2.75) is 97.6 Å². The van der Waals surface area contributed by atoms with Crippen LogP contribution in [0.15, 0.2) is 72.1 Å². The minimum Gasteiger partial charge on any atom is -0.453 e. The molecule has 6 heterocycles. The van der Waals surface area contributed by atoms with E-state index in [1.807, 2.05) is 53.8 Å². The minimum atomic E-state index is -0.744. The second-order valence-electron chi connectivity index (χ2n) is 18.3. The van der Waals surface area contributed by atoms with E-state index in [4.69, 9.17) is 19.4 Å². The van der Waals surface area contributed by atoms with Crippen LogP contribution in [-0.2, 0) is 19.1 Å². The van der Waals surface area contributed by atoms with Crippen LogP contribution in [0.25, 0.3) is 33.6 Å². The van der Waals surface area contributed by atoms with Gasteiger partial charge in [0.05, 0.1) is 38.0 Å². The predicted molar refractivity (Wildman–Crippen MR) is 239 cm³/mol. The fourth-order valence-corrected chi connectivity index (χ4v) is 9.84. The molecule has 15 heteroatoms. The number of hydrogen-bond acceptors (Lipinski definition) is 9. The third kappa shape index (κ3) is 8.38. The summed E-state index contributed by atoms with van der Waals surface area (Å²) in [5.74, 6) is 1.20. The monoisotopic (exact) mass is 857 g/mol. The Morgan fingerprint density at radius 2 is 1.11 bits per heavy atom. The zero-order chi connectivity index (χ0) is 44.9. The first kappa shape index (κ1) is 43.4. The lowest BCUT2D eigenvalue weighted by molar-refractivity contribution is -0.135. The number of methoxy groups -OCH3 is 2. The van der Waals surface area contributed by atoms with Crippen LogP contribution in [0, 0.1) is 17.8 Å². The summed E-state index contributed by atoms with van der Waals surface area (Å²) in [6, 6.07) is 11.0. The zero-order valence-corrected chi connectivity index (χ0v) is 37.5. The van der Waals surface area contributed by atoms with Crippen molar-refractivity contribution in [3.8, 4) is 33.6 Å². The Morgan fingerprint density at radius 1 is 0.667 bits per heavy atom. The zero-order valence-electron chi connectivity index (χ0n) is 37.5. The highest BCUT2D eigenvalue weighted by Crippen LogP contribution is 2.52.